The fraction of sp³-hybridized carbons (Fsp3) is 0.500. The highest BCUT2D eigenvalue weighted by Crippen LogP contribution is 2.59. The molecule has 2 bridgehead atoms. The highest BCUT2D eigenvalue weighted by Gasteiger charge is 2.75. The first-order valence-electron chi connectivity index (χ1n) is 18.1. The summed E-state index contributed by atoms with van der Waals surface area (Å²) in [5, 5.41) is 13.6. The Balaban J connectivity index is 1.48. The number of aliphatic hydroxyl groups excluding tert-OH is 1. The number of benzene rings is 2. The second kappa shape index (κ2) is 16.7. The number of nitrogens with zero attached hydrogens (tertiary/aromatic N) is 3. The van der Waals surface area contributed by atoms with Crippen LogP contribution in [0.1, 0.15) is 52.0 Å². The lowest BCUT2D eigenvalue weighted by Crippen LogP contribution is -2.59. The maximum Gasteiger partial charge on any atom is 0.312 e. The number of allylic oxidation sites excluding steroid dienone is 1. The van der Waals surface area contributed by atoms with Gasteiger partial charge in [0.25, 0.3) is 5.91 Å². The molecule has 0 radical (unpaired) electrons. The highest BCUT2D eigenvalue weighted by molar-refractivity contribution is 6.05. The van der Waals surface area contributed by atoms with Crippen LogP contribution in [0, 0.1) is 11.8 Å². The van der Waals surface area contributed by atoms with Crippen LogP contribution in [0.2, 0.25) is 0 Å². The van der Waals surface area contributed by atoms with Crippen LogP contribution in [-0.2, 0) is 35.1 Å². The van der Waals surface area contributed by atoms with E-state index in [0.29, 0.717) is 31.4 Å². The summed E-state index contributed by atoms with van der Waals surface area (Å²) in [5.74, 6) is -3.47. The number of hydrogen-bond acceptors (Lipinski definition) is 8. The molecule has 274 valence electrons. The molecule has 1 spiro atoms. The lowest BCUT2D eigenvalue weighted by molar-refractivity contribution is -0.159. The summed E-state index contributed by atoms with van der Waals surface area (Å²) < 4.78 is 12.5. The van der Waals surface area contributed by atoms with Crippen LogP contribution in [-0.4, -0.2) is 96.4 Å². The smallest absolute Gasteiger partial charge is 0.312 e. The van der Waals surface area contributed by atoms with E-state index in [2.05, 4.69) is 37.2 Å². The minimum atomic E-state index is -1.30. The van der Waals surface area contributed by atoms with Crippen molar-refractivity contribution in [2.24, 2.45) is 11.8 Å². The quantitative estimate of drug-likeness (QED) is 0.176. The van der Waals surface area contributed by atoms with Gasteiger partial charge in [0.1, 0.15) is 17.7 Å². The Labute approximate surface area is 301 Å². The fourth-order valence-corrected chi connectivity index (χ4v) is 8.10. The van der Waals surface area contributed by atoms with Crippen molar-refractivity contribution in [2.45, 2.75) is 82.8 Å². The van der Waals surface area contributed by atoms with Gasteiger partial charge in [-0.2, -0.15) is 0 Å². The van der Waals surface area contributed by atoms with E-state index in [9.17, 15) is 19.5 Å². The number of carbonyl (C=O) groups is 4. The van der Waals surface area contributed by atoms with Gasteiger partial charge in [-0.05, 0) is 76.3 Å². The van der Waals surface area contributed by atoms with Crippen molar-refractivity contribution in [3.05, 3.63) is 85.5 Å². The number of carbonyl (C=O) groups excluding carboxylic acids is 4. The van der Waals surface area contributed by atoms with E-state index in [4.69, 9.17) is 9.47 Å². The molecule has 11 nitrogen and oxygen atoms in total. The van der Waals surface area contributed by atoms with Gasteiger partial charge >= 0.3 is 5.97 Å². The third-order valence-electron chi connectivity index (χ3n) is 10.5. The standard InChI is InChI=1S/C40H52N4O7/c1-6-10-16-33(46)41-25-27(5)50-39(49)34-32-21-22-40(51-32)35(34)37(47)44(31(26-45)24-28-14-12-11-13-15-28)36(40)38(48)43(23-7-2)30-19-17-29(18-20-30)42(8-3)9-4/h6-7,11-15,17-20,27,31-32,34-36,45H,1-2,8-10,16,21-26H2,3-5H3,(H,41,46)/t27-,31+,32-,34+,35+,36-,40+/m0/s1. The predicted molar refractivity (Wildman–Crippen MR) is 196 cm³/mol. The zero-order valence-electron chi connectivity index (χ0n) is 30.0. The Bertz CT molecular complexity index is 1560. The first kappa shape index (κ1) is 37.8. The molecule has 3 aliphatic heterocycles. The Morgan fingerprint density at radius 2 is 1.76 bits per heavy atom. The van der Waals surface area contributed by atoms with Crippen molar-refractivity contribution in [3.63, 3.8) is 0 Å². The Morgan fingerprint density at radius 1 is 1.08 bits per heavy atom. The first-order chi connectivity index (χ1) is 24.6. The summed E-state index contributed by atoms with van der Waals surface area (Å²) in [6, 6.07) is 15.4. The second-order valence-corrected chi connectivity index (χ2v) is 13.6. The van der Waals surface area contributed by atoms with E-state index in [0.717, 1.165) is 24.3 Å². The molecule has 3 amide bonds. The minimum absolute atomic E-state index is 0.115. The maximum absolute atomic E-state index is 15.0. The number of esters is 1. The molecule has 3 fully saturated rings. The van der Waals surface area contributed by atoms with Crippen LogP contribution in [0.15, 0.2) is 79.9 Å². The molecule has 7 atom stereocenters. The molecule has 3 saturated heterocycles. The third-order valence-corrected chi connectivity index (χ3v) is 10.5. The van der Waals surface area contributed by atoms with Crippen molar-refractivity contribution in [2.75, 3.05) is 42.6 Å². The van der Waals surface area contributed by atoms with Crippen LogP contribution < -0.4 is 15.1 Å². The van der Waals surface area contributed by atoms with E-state index >= 15 is 4.79 Å². The first-order valence-corrected chi connectivity index (χ1v) is 18.1. The Hall–Kier alpha value is -4.48. The van der Waals surface area contributed by atoms with Crippen LogP contribution in [0.25, 0.3) is 0 Å². The minimum Gasteiger partial charge on any atom is -0.460 e. The van der Waals surface area contributed by atoms with E-state index in [1.54, 1.807) is 24.0 Å². The molecular formula is C40H52N4O7. The van der Waals surface area contributed by atoms with Gasteiger partial charge in [-0.3, -0.25) is 19.2 Å². The highest BCUT2D eigenvalue weighted by atomic mass is 16.6. The van der Waals surface area contributed by atoms with Gasteiger partial charge in [0.05, 0.1) is 37.1 Å². The molecule has 2 N–H and O–H groups in total. The molecule has 0 aliphatic carbocycles. The number of likely N-dealkylation sites (tertiary alicyclic amines) is 1. The fourth-order valence-electron chi connectivity index (χ4n) is 8.10. The maximum atomic E-state index is 15.0. The average molecular weight is 701 g/mol. The third kappa shape index (κ3) is 7.60. The molecule has 5 rings (SSSR count). The summed E-state index contributed by atoms with van der Waals surface area (Å²) in [6.45, 7) is 15.0. The summed E-state index contributed by atoms with van der Waals surface area (Å²) in [4.78, 5) is 61.2. The van der Waals surface area contributed by atoms with Crippen molar-refractivity contribution in [1.29, 1.82) is 0 Å². The molecule has 2 aromatic carbocycles. The summed E-state index contributed by atoms with van der Waals surface area (Å²) in [7, 11) is 0. The monoisotopic (exact) mass is 700 g/mol. The molecular weight excluding hydrogens is 648 g/mol. The van der Waals surface area contributed by atoms with E-state index in [-0.39, 0.29) is 31.3 Å². The Morgan fingerprint density at radius 3 is 2.39 bits per heavy atom. The van der Waals surface area contributed by atoms with Crippen LogP contribution >= 0.6 is 0 Å². The Kier molecular flexibility index (Phi) is 12.4. The molecule has 0 aromatic heterocycles. The molecule has 0 saturated carbocycles. The number of fused-ring (bicyclic) bond motifs is 1. The van der Waals surface area contributed by atoms with Gasteiger partial charge in [-0.15, -0.1) is 13.2 Å². The van der Waals surface area contributed by atoms with E-state index in [1.807, 2.05) is 54.6 Å². The molecule has 2 aromatic rings. The number of anilines is 2. The SMILES string of the molecule is C=CCCC(=O)NC[C@H](C)OC(=O)[C@@H]1[C@@H]2CC[C@]3(O2)[C@H](C(=O)N(CC=C)c2ccc(N(CC)CC)cc2)N([C@@H](CO)Cc2ccccc2)C(=O)[C@@H]13. The lowest BCUT2D eigenvalue weighted by atomic mass is 9.70. The van der Waals surface area contributed by atoms with Crippen molar-refractivity contribution < 1.29 is 33.8 Å². The zero-order valence-corrected chi connectivity index (χ0v) is 30.0. The average Bonchev–Trinajstić information content (AvgIpc) is 3.79. The number of hydrogen-bond donors (Lipinski definition) is 2. The number of aliphatic hydroxyl groups is 1. The normalized spacial score (nSPS) is 24.4. The topological polar surface area (TPSA) is 129 Å². The van der Waals surface area contributed by atoms with Gasteiger partial charge in [0, 0.05) is 37.4 Å². The molecule has 11 heteroatoms. The predicted octanol–water partition coefficient (Wildman–Crippen LogP) is 4.04. The summed E-state index contributed by atoms with van der Waals surface area (Å²) >= 11 is 0. The number of ether oxygens (including phenoxy) is 2. The van der Waals surface area contributed by atoms with Crippen LogP contribution in [0.3, 0.4) is 0 Å². The van der Waals surface area contributed by atoms with Crippen molar-refractivity contribution in [1.82, 2.24) is 10.2 Å². The number of nitrogens with one attached hydrogen (secondary N) is 1. The zero-order chi connectivity index (χ0) is 36.7. The van der Waals surface area contributed by atoms with Crippen molar-refractivity contribution in [3.8, 4) is 0 Å². The number of rotatable bonds is 18. The lowest BCUT2D eigenvalue weighted by Gasteiger charge is -2.39. The van der Waals surface area contributed by atoms with Crippen LogP contribution in [0.5, 0.6) is 0 Å². The molecule has 0 unspecified atom stereocenters. The molecule has 3 aliphatic rings. The van der Waals surface area contributed by atoms with Crippen molar-refractivity contribution >= 4 is 35.1 Å². The van der Waals surface area contributed by atoms with Gasteiger partial charge < -0.3 is 34.6 Å². The van der Waals surface area contributed by atoms with Crippen LogP contribution in [0.4, 0.5) is 11.4 Å². The largest absolute Gasteiger partial charge is 0.460 e. The van der Waals surface area contributed by atoms with Gasteiger partial charge in [-0.25, -0.2) is 0 Å². The van der Waals surface area contributed by atoms with E-state index in [1.165, 1.54) is 4.90 Å². The summed E-state index contributed by atoms with van der Waals surface area (Å²) in [6.07, 6.45) is 4.02. The van der Waals surface area contributed by atoms with Gasteiger partial charge in [-0.1, -0.05) is 42.5 Å². The molecule has 51 heavy (non-hydrogen) atoms. The van der Waals surface area contributed by atoms with Gasteiger partial charge in [0.2, 0.25) is 11.8 Å². The van der Waals surface area contributed by atoms with E-state index < -0.39 is 60.2 Å². The molecule has 3 heterocycles. The summed E-state index contributed by atoms with van der Waals surface area (Å²) in [5.41, 5.74) is 1.26. The number of amides is 3. The second-order valence-electron chi connectivity index (χ2n) is 13.6. The van der Waals surface area contributed by atoms with Gasteiger partial charge in [0.15, 0.2) is 0 Å².